The van der Waals surface area contributed by atoms with Crippen LogP contribution in [-0.2, 0) is 11.3 Å². The van der Waals surface area contributed by atoms with E-state index >= 15 is 0 Å². The van der Waals surface area contributed by atoms with Crippen LogP contribution in [0.15, 0.2) is 18.2 Å². The number of halogens is 2. The molecular formula is C20H28ClFN2O. The first-order valence-electron chi connectivity index (χ1n) is 9.56. The summed E-state index contributed by atoms with van der Waals surface area (Å²) in [7, 11) is 0. The minimum atomic E-state index is -0.250. The maximum atomic E-state index is 13.9. The molecular weight excluding hydrogens is 339 g/mol. The van der Waals surface area contributed by atoms with E-state index in [9.17, 15) is 9.18 Å². The summed E-state index contributed by atoms with van der Waals surface area (Å²) in [4.78, 5) is 14.6. The Bertz CT molecular complexity index is 561. The molecule has 2 fully saturated rings. The fraction of sp³-hybridized carbons (Fsp3) is 0.650. The highest BCUT2D eigenvalue weighted by molar-refractivity contribution is 6.31. The number of carbonyl (C=O) groups is 1. The van der Waals surface area contributed by atoms with Gasteiger partial charge >= 0.3 is 0 Å². The van der Waals surface area contributed by atoms with Crippen molar-refractivity contribution in [3.8, 4) is 0 Å². The van der Waals surface area contributed by atoms with Gasteiger partial charge in [0.05, 0.1) is 0 Å². The van der Waals surface area contributed by atoms with E-state index in [0.29, 0.717) is 23.0 Å². The van der Waals surface area contributed by atoms with Gasteiger partial charge in [0.15, 0.2) is 0 Å². The van der Waals surface area contributed by atoms with Gasteiger partial charge < -0.3 is 5.32 Å². The van der Waals surface area contributed by atoms with Crippen LogP contribution in [0.4, 0.5) is 4.39 Å². The monoisotopic (exact) mass is 366 g/mol. The van der Waals surface area contributed by atoms with Crippen molar-refractivity contribution in [2.24, 2.45) is 11.8 Å². The topological polar surface area (TPSA) is 32.3 Å². The van der Waals surface area contributed by atoms with Crippen LogP contribution in [0.5, 0.6) is 0 Å². The lowest BCUT2D eigenvalue weighted by atomic mass is 9.89. The minimum absolute atomic E-state index is 0.0935. The van der Waals surface area contributed by atoms with Crippen LogP contribution in [0, 0.1) is 17.7 Å². The molecule has 3 rings (SSSR count). The largest absolute Gasteiger partial charge is 0.356 e. The third kappa shape index (κ3) is 5.18. The molecule has 1 aliphatic carbocycles. The molecule has 0 atom stereocenters. The molecule has 3 nitrogen and oxygen atoms in total. The Morgan fingerprint density at radius 3 is 2.56 bits per heavy atom. The Kier molecular flexibility index (Phi) is 6.71. The van der Waals surface area contributed by atoms with E-state index in [1.165, 1.54) is 38.2 Å². The van der Waals surface area contributed by atoms with E-state index in [4.69, 9.17) is 11.6 Å². The number of piperidine rings is 1. The van der Waals surface area contributed by atoms with Crippen molar-refractivity contribution in [3.05, 3.63) is 34.6 Å². The molecule has 0 aromatic heterocycles. The van der Waals surface area contributed by atoms with Crippen molar-refractivity contribution >= 4 is 17.5 Å². The molecule has 2 aliphatic rings. The third-order valence-electron chi connectivity index (χ3n) is 5.69. The highest BCUT2D eigenvalue weighted by Gasteiger charge is 2.26. The number of nitrogens with one attached hydrogen (secondary N) is 1. The summed E-state index contributed by atoms with van der Waals surface area (Å²) in [5.74, 6) is 0.714. The first-order valence-corrected chi connectivity index (χ1v) is 9.94. The maximum Gasteiger partial charge on any atom is 0.223 e. The van der Waals surface area contributed by atoms with E-state index in [1.807, 2.05) is 0 Å². The van der Waals surface area contributed by atoms with Crippen molar-refractivity contribution in [1.29, 1.82) is 0 Å². The highest BCUT2D eigenvalue weighted by Crippen LogP contribution is 2.25. The quantitative estimate of drug-likeness (QED) is 0.838. The van der Waals surface area contributed by atoms with Gasteiger partial charge in [-0.05, 0) is 56.8 Å². The van der Waals surface area contributed by atoms with Crippen molar-refractivity contribution in [3.63, 3.8) is 0 Å². The number of hydrogen-bond acceptors (Lipinski definition) is 2. The van der Waals surface area contributed by atoms with Gasteiger partial charge in [0.25, 0.3) is 0 Å². The Hall–Kier alpha value is -1.13. The zero-order chi connectivity index (χ0) is 17.6. The maximum absolute atomic E-state index is 13.9. The molecule has 0 bridgehead atoms. The summed E-state index contributed by atoms with van der Waals surface area (Å²) in [6.07, 6.45) is 8.12. The second kappa shape index (κ2) is 9.00. The van der Waals surface area contributed by atoms with Gasteiger partial charge in [0.1, 0.15) is 5.82 Å². The molecule has 1 aromatic carbocycles. The number of amides is 1. The number of benzene rings is 1. The highest BCUT2D eigenvalue weighted by atomic mass is 35.5. The Labute approximate surface area is 154 Å². The lowest BCUT2D eigenvalue weighted by Crippen LogP contribution is -2.41. The second-order valence-corrected chi connectivity index (χ2v) is 7.91. The molecule has 138 valence electrons. The van der Waals surface area contributed by atoms with Crippen molar-refractivity contribution in [2.45, 2.75) is 51.5 Å². The van der Waals surface area contributed by atoms with Gasteiger partial charge in [-0.25, -0.2) is 4.39 Å². The third-order valence-corrected chi connectivity index (χ3v) is 6.05. The summed E-state index contributed by atoms with van der Waals surface area (Å²) >= 11 is 6.11. The standard InChI is InChI=1S/C20H28ClFN2O/c21-18-7-4-8-19(22)17(18)14-24-11-9-16(10-12-24)20(25)23-13-15-5-2-1-3-6-15/h4,7-8,15-16H,1-3,5-6,9-14H2,(H,23,25). The Balaban J connectivity index is 1.42. The molecule has 1 aliphatic heterocycles. The van der Waals surface area contributed by atoms with E-state index in [0.717, 1.165) is 32.5 Å². The van der Waals surface area contributed by atoms with Gasteiger partial charge in [0, 0.05) is 29.6 Å². The summed E-state index contributed by atoms with van der Waals surface area (Å²) in [6.45, 7) is 2.98. The molecule has 0 unspecified atom stereocenters. The number of likely N-dealkylation sites (tertiary alicyclic amines) is 1. The van der Waals surface area contributed by atoms with Crippen molar-refractivity contribution in [1.82, 2.24) is 10.2 Å². The Morgan fingerprint density at radius 1 is 1.16 bits per heavy atom. The molecule has 1 heterocycles. The summed E-state index contributed by atoms with van der Waals surface area (Å²) in [5, 5.41) is 3.65. The lowest BCUT2D eigenvalue weighted by Gasteiger charge is -2.32. The Morgan fingerprint density at radius 2 is 1.88 bits per heavy atom. The van der Waals surface area contributed by atoms with Crippen LogP contribution in [0.3, 0.4) is 0 Å². The smallest absolute Gasteiger partial charge is 0.223 e. The van der Waals surface area contributed by atoms with Gasteiger partial charge in [-0.3, -0.25) is 9.69 Å². The average molecular weight is 367 g/mol. The van der Waals surface area contributed by atoms with Crippen LogP contribution in [0.2, 0.25) is 5.02 Å². The molecule has 0 radical (unpaired) electrons. The molecule has 1 amide bonds. The molecule has 25 heavy (non-hydrogen) atoms. The number of nitrogens with zero attached hydrogens (tertiary/aromatic N) is 1. The van der Waals surface area contributed by atoms with Crippen LogP contribution < -0.4 is 5.32 Å². The molecule has 1 N–H and O–H groups in total. The molecule has 5 heteroatoms. The first-order chi connectivity index (χ1) is 12.1. The van der Waals surface area contributed by atoms with Gasteiger partial charge in [0.2, 0.25) is 5.91 Å². The number of carbonyl (C=O) groups excluding carboxylic acids is 1. The van der Waals surface area contributed by atoms with Crippen LogP contribution >= 0.6 is 11.6 Å². The fourth-order valence-electron chi connectivity index (χ4n) is 4.04. The fourth-order valence-corrected chi connectivity index (χ4v) is 4.26. The molecule has 0 spiro atoms. The molecule has 1 saturated carbocycles. The lowest BCUT2D eigenvalue weighted by molar-refractivity contribution is -0.126. The van der Waals surface area contributed by atoms with Gasteiger partial charge in [-0.2, -0.15) is 0 Å². The minimum Gasteiger partial charge on any atom is -0.356 e. The SMILES string of the molecule is O=C(NCC1CCCCC1)C1CCN(Cc2c(F)cccc2Cl)CC1. The van der Waals surface area contributed by atoms with Crippen LogP contribution in [-0.4, -0.2) is 30.4 Å². The normalized spacial score (nSPS) is 20.6. The number of hydrogen-bond donors (Lipinski definition) is 1. The molecule has 1 aromatic rings. The predicted octanol–water partition coefficient (Wildman–Crippen LogP) is 4.39. The van der Waals surface area contributed by atoms with Crippen LogP contribution in [0.25, 0.3) is 0 Å². The number of rotatable bonds is 5. The first kappa shape index (κ1) is 18.7. The summed E-state index contributed by atoms with van der Waals surface area (Å²) in [5.41, 5.74) is 0.560. The van der Waals surface area contributed by atoms with E-state index < -0.39 is 0 Å². The van der Waals surface area contributed by atoms with Crippen molar-refractivity contribution < 1.29 is 9.18 Å². The van der Waals surface area contributed by atoms with Crippen LogP contribution in [0.1, 0.15) is 50.5 Å². The molecule has 1 saturated heterocycles. The van der Waals surface area contributed by atoms with Crippen molar-refractivity contribution in [2.75, 3.05) is 19.6 Å². The average Bonchev–Trinajstić information content (AvgIpc) is 2.64. The van der Waals surface area contributed by atoms with Gasteiger partial charge in [-0.15, -0.1) is 0 Å². The zero-order valence-corrected chi connectivity index (χ0v) is 15.5. The predicted molar refractivity (Wildman–Crippen MR) is 99.0 cm³/mol. The summed E-state index contributed by atoms with van der Waals surface area (Å²) in [6, 6.07) is 4.81. The second-order valence-electron chi connectivity index (χ2n) is 7.50. The van der Waals surface area contributed by atoms with E-state index in [2.05, 4.69) is 10.2 Å². The van der Waals surface area contributed by atoms with E-state index in [-0.39, 0.29) is 17.6 Å². The van der Waals surface area contributed by atoms with E-state index in [1.54, 1.807) is 12.1 Å². The van der Waals surface area contributed by atoms with Gasteiger partial charge in [-0.1, -0.05) is 36.9 Å². The summed E-state index contributed by atoms with van der Waals surface area (Å²) < 4.78 is 13.9. The zero-order valence-electron chi connectivity index (χ0n) is 14.8.